The summed E-state index contributed by atoms with van der Waals surface area (Å²) in [5, 5.41) is 20.1. The minimum absolute atomic E-state index is 0.395. The lowest BCUT2D eigenvalue weighted by Crippen LogP contribution is -2.54. The van der Waals surface area contributed by atoms with Gasteiger partial charge in [-0.1, -0.05) is 6.42 Å². The highest BCUT2D eigenvalue weighted by Crippen LogP contribution is 2.20. The molecule has 21 heavy (non-hydrogen) atoms. The molecule has 2 amide bonds. The van der Waals surface area contributed by atoms with E-state index in [1.165, 1.54) is 19.3 Å². The highest BCUT2D eigenvalue weighted by molar-refractivity contribution is 5.82. The molecule has 2 aliphatic heterocycles. The Morgan fingerprint density at radius 1 is 1.10 bits per heavy atom. The van der Waals surface area contributed by atoms with Crippen LogP contribution in [0.15, 0.2) is 0 Å². The predicted octanol–water partition coefficient (Wildman–Crippen LogP) is 0.0918. The van der Waals surface area contributed by atoms with Gasteiger partial charge in [-0.05, 0) is 38.8 Å². The van der Waals surface area contributed by atoms with Crippen LogP contribution in [-0.2, 0) is 4.79 Å². The van der Waals surface area contributed by atoms with Crippen molar-refractivity contribution >= 4 is 12.0 Å². The first-order valence-corrected chi connectivity index (χ1v) is 7.75. The Bertz CT molecular complexity index is 363. The SMILES string of the molecule is O=C(O)[C@H](CO)NC(=O)N1CCC(N2CCCCC2)CC1. The van der Waals surface area contributed by atoms with Crippen LogP contribution in [0.2, 0.25) is 0 Å². The molecule has 2 rings (SSSR count). The molecular formula is C14H25N3O4. The maximum atomic E-state index is 12.0. The second-order valence-electron chi connectivity index (χ2n) is 5.84. The lowest BCUT2D eigenvalue weighted by molar-refractivity contribution is -0.140. The van der Waals surface area contributed by atoms with Gasteiger partial charge in [0.15, 0.2) is 6.04 Å². The van der Waals surface area contributed by atoms with Crippen LogP contribution in [0.1, 0.15) is 32.1 Å². The standard InChI is InChI=1S/C14H25N3O4/c18-10-12(13(19)20)15-14(21)17-8-4-11(5-9-17)16-6-2-1-3-7-16/h11-12,18H,1-10H2,(H,15,21)(H,19,20)/t12-/m0/s1. The molecule has 2 heterocycles. The molecule has 0 aromatic rings. The topological polar surface area (TPSA) is 93.1 Å². The fourth-order valence-corrected chi connectivity index (χ4v) is 3.14. The highest BCUT2D eigenvalue weighted by Gasteiger charge is 2.29. The Balaban J connectivity index is 1.77. The van der Waals surface area contributed by atoms with Gasteiger partial charge in [0, 0.05) is 19.1 Å². The van der Waals surface area contributed by atoms with E-state index < -0.39 is 24.6 Å². The fraction of sp³-hybridized carbons (Fsp3) is 0.857. The van der Waals surface area contributed by atoms with E-state index in [1.807, 2.05) is 0 Å². The van der Waals surface area contributed by atoms with Crippen molar-refractivity contribution in [2.75, 3.05) is 32.8 Å². The van der Waals surface area contributed by atoms with Gasteiger partial charge in [0.1, 0.15) is 0 Å². The van der Waals surface area contributed by atoms with Gasteiger partial charge in [-0.2, -0.15) is 0 Å². The van der Waals surface area contributed by atoms with E-state index in [9.17, 15) is 9.59 Å². The van der Waals surface area contributed by atoms with Crippen LogP contribution in [0.3, 0.4) is 0 Å². The van der Waals surface area contributed by atoms with Crippen LogP contribution < -0.4 is 5.32 Å². The lowest BCUT2D eigenvalue weighted by atomic mass is 10.00. The van der Waals surface area contributed by atoms with Gasteiger partial charge in [0.05, 0.1) is 6.61 Å². The molecule has 2 saturated heterocycles. The number of piperidine rings is 2. The zero-order chi connectivity index (χ0) is 15.2. The number of nitrogens with one attached hydrogen (secondary N) is 1. The number of carbonyl (C=O) groups excluding carboxylic acids is 1. The van der Waals surface area contributed by atoms with Gasteiger partial charge in [0.2, 0.25) is 0 Å². The van der Waals surface area contributed by atoms with Gasteiger partial charge in [0.25, 0.3) is 0 Å². The third-order valence-electron chi connectivity index (χ3n) is 4.44. The number of likely N-dealkylation sites (tertiary alicyclic amines) is 2. The van der Waals surface area contributed by atoms with Crippen molar-refractivity contribution in [3.63, 3.8) is 0 Å². The van der Waals surface area contributed by atoms with Crippen LogP contribution in [0.5, 0.6) is 0 Å². The number of aliphatic hydroxyl groups excluding tert-OH is 1. The summed E-state index contributed by atoms with van der Waals surface area (Å²) in [5.41, 5.74) is 0. The minimum Gasteiger partial charge on any atom is -0.480 e. The monoisotopic (exact) mass is 299 g/mol. The summed E-state index contributed by atoms with van der Waals surface area (Å²) in [6.07, 6.45) is 5.71. The van der Waals surface area contributed by atoms with Crippen molar-refractivity contribution in [2.24, 2.45) is 0 Å². The Kier molecular flexibility index (Phi) is 5.81. The smallest absolute Gasteiger partial charge is 0.328 e. The first-order chi connectivity index (χ1) is 10.1. The zero-order valence-corrected chi connectivity index (χ0v) is 12.3. The summed E-state index contributed by atoms with van der Waals surface area (Å²) in [6.45, 7) is 3.01. The third-order valence-corrected chi connectivity index (χ3v) is 4.44. The number of amides is 2. The van der Waals surface area contributed by atoms with Crippen molar-refractivity contribution in [2.45, 2.75) is 44.2 Å². The number of aliphatic hydroxyl groups is 1. The average Bonchev–Trinajstić information content (AvgIpc) is 2.53. The summed E-state index contributed by atoms with van der Waals surface area (Å²) in [4.78, 5) is 27.0. The summed E-state index contributed by atoms with van der Waals surface area (Å²) in [7, 11) is 0. The second kappa shape index (κ2) is 7.61. The average molecular weight is 299 g/mol. The van der Waals surface area contributed by atoms with Crippen molar-refractivity contribution in [3.05, 3.63) is 0 Å². The fourth-order valence-electron chi connectivity index (χ4n) is 3.14. The van der Waals surface area contributed by atoms with E-state index in [0.717, 1.165) is 25.9 Å². The Morgan fingerprint density at radius 3 is 2.24 bits per heavy atom. The van der Waals surface area contributed by atoms with Crippen LogP contribution in [-0.4, -0.2) is 76.9 Å². The maximum Gasteiger partial charge on any atom is 0.328 e. The number of hydrogen-bond acceptors (Lipinski definition) is 4. The molecule has 7 nitrogen and oxygen atoms in total. The van der Waals surface area contributed by atoms with Crippen LogP contribution in [0.4, 0.5) is 4.79 Å². The van der Waals surface area contributed by atoms with Gasteiger partial charge in [-0.15, -0.1) is 0 Å². The van der Waals surface area contributed by atoms with Crippen LogP contribution in [0.25, 0.3) is 0 Å². The van der Waals surface area contributed by atoms with Crippen molar-refractivity contribution < 1.29 is 19.8 Å². The molecule has 3 N–H and O–H groups in total. The van der Waals surface area contributed by atoms with E-state index in [0.29, 0.717) is 19.1 Å². The largest absolute Gasteiger partial charge is 0.480 e. The third kappa shape index (κ3) is 4.31. The van der Waals surface area contributed by atoms with Crippen LogP contribution in [0, 0.1) is 0 Å². The van der Waals surface area contributed by atoms with E-state index in [-0.39, 0.29) is 0 Å². The first kappa shape index (κ1) is 16.0. The molecule has 120 valence electrons. The molecule has 7 heteroatoms. The molecule has 0 unspecified atom stereocenters. The van der Waals surface area contributed by atoms with Gasteiger partial charge in [-0.3, -0.25) is 0 Å². The summed E-state index contributed by atoms with van der Waals surface area (Å²) >= 11 is 0. The quantitative estimate of drug-likeness (QED) is 0.684. The molecule has 0 aliphatic carbocycles. The number of carboxylic acid groups (broad SMARTS) is 1. The first-order valence-electron chi connectivity index (χ1n) is 7.75. The van der Waals surface area contributed by atoms with Crippen molar-refractivity contribution in [1.82, 2.24) is 15.1 Å². The van der Waals surface area contributed by atoms with E-state index in [1.54, 1.807) is 4.90 Å². The number of rotatable bonds is 4. The molecule has 0 radical (unpaired) electrons. The molecule has 1 atom stereocenters. The summed E-state index contributed by atoms with van der Waals surface area (Å²) in [6, 6.07) is -1.08. The predicted molar refractivity (Wildman–Crippen MR) is 77.1 cm³/mol. The Hall–Kier alpha value is -1.34. The molecule has 2 fully saturated rings. The number of hydrogen-bond donors (Lipinski definition) is 3. The number of carboxylic acids is 1. The molecule has 0 aromatic heterocycles. The maximum absolute atomic E-state index is 12.0. The van der Waals surface area contributed by atoms with Crippen molar-refractivity contribution in [1.29, 1.82) is 0 Å². The normalized spacial score (nSPS) is 22.8. The Labute approximate surface area is 124 Å². The molecule has 0 spiro atoms. The highest BCUT2D eigenvalue weighted by atomic mass is 16.4. The number of urea groups is 1. The zero-order valence-electron chi connectivity index (χ0n) is 12.3. The minimum atomic E-state index is -1.22. The van der Waals surface area contributed by atoms with Gasteiger partial charge >= 0.3 is 12.0 Å². The summed E-state index contributed by atoms with van der Waals surface area (Å²) < 4.78 is 0. The number of aliphatic carboxylic acids is 1. The molecular weight excluding hydrogens is 274 g/mol. The Morgan fingerprint density at radius 2 is 1.71 bits per heavy atom. The molecule has 2 aliphatic rings. The lowest BCUT2D eigenvalue weighted by Gasteiger charge is -2.40. The number of carbonyl (C=O) groups is 2. The van der Waals surface area contributed by atoms with Crippen molar-refractivity contribution in [3.8, 4) is 0 Å². The summed E-state index contributed by atoms with van der Waals surface area (Å²) in [5.74, 6) is -1.21. The van der Waals surface area contributed by atoms with E-state index in [2.05, 4.69) is 10.2 Å². The van der Waals surface area contributed by atoms with E-state index >= 15 is 0 Å². The van der Waals surface area contributed by atoms with Gasteiger partial charge in [-0.25, -0.2) is 9.59 Å². The molecule has 0 saturated carbocycles. The molecule has 0 aromatic carbocycles. The van der Waals surface area contributed by atoms with Gasteiger partial charge < -0.3 is 25.3 Å². The molecule has 0 bridgehead atoms. The van der Waals surface area contributed by atoms with Crippen LogP contribution >= 0.6 is 0 Å². The number of nitrogens with zero attached hydrogens (tertiary/aromatic N) is 2. The van der Waals surface area contributed by atoms with E-state index in [4.69, 9.17) is 10.2 Å². The second-order valence-corrected chi connectivity index (χ2v) is 5.84.